The molecule has 1 aliphatic rings. The van der Waals surface area contributed by atoms with Gasteiger partial charge in [-0.25, -0.2) is 0 Å². The van der Waals surface area contributed by atoms with Gasteiger partial charge in [0.1, 0.15) is 6.54 Å². The molecule has 3 heterocycles. The summed E-state index contributed by atoms with van der Waals surface area (Å²) in [6.07, 6.45) is 0. The second kappa shape index (κ2) is 8.91. The third-order valence-corrected chi connectivity index (χ3v) is 8.21. The van der Waals surface area contributed by atoms with Crippen LogP contribution < -0.4 is 0 Å². The summed E-state index contributed by atoms with van der Waals surface area (Å²) in [5, 5.41) is 4.25. The van der Waals surface area contributed by atoms with E-state index >= 15 is 0 Å². The number of nitrogens with zero attached hydrogens (tertiary/aromatic N) is 3. The van der Waals surface area contributed by atoms with Gasteiger partial charge in [-0.15, -0.1) is 0 Å². The zero-order valence-electron chi connectivity index (χ0n) is 22.6. The summed E-state index contributed by atoms with van der Waals surface area (Å²) in [6.45, 7) is -0.435. The Bertz CT molecular complexity index is 2280. The summed E-state index contributed by atoms with van der Waals surface area (Å²) in [7, 11) is 1.24. The van der Waals surface area contributed by atoms with Gasteiger partial charge in [-0.2, -0.15) is 0 Å². The van der Waals surface area contributed by atoms with Gasteiger partial charge >= 0.3 is 5.97 Å². The Hall–Kier alpha value is -5.69. The Balaban J connectivity index is 1.46. The average Bonchev–Trinajstić information content (AvgIpc) is 3.62. The second-order valence-electron chi connectivity index (χ2n) is 10.4. The van der Waals surface area contributed by atoms with E-state index < -0.39 is 24.3 Å². The zero-order chi connectivity index (χ0) is 28.5. The van der Waals surface area contributed by atoms with Crippen molar-refractivity contribution in [3.8, 4) is 11.4 Å². The van der Waals surface area contributed by atoms with E-state index in [0.29, 0.717) is 5.69 Å². The topological polar surface area (TPSA) is 73.5 Å². The number of rotatable bonds is 4. The van der Waals surface area contributed by atoms with Crippen LogP contribution in [-0.2, 0) is 9.53 Å². The van der Waals surface area contributed by atoms with Crippen LogP contribution >= 0.6 is 0 Å². The van der Waals surface area contributed by atoms with Gasteiger partial charge in [0, 0.05) is 27.2 Å². The van der Waals surface area contributed by atoms with Crippen LogP contribution in [0.2, 0.25) is 0 Å². The van der Waals surface area contributed by atoms with Crippen molar-refractivity contribution < 1.29 is 19.1 Å². The van der Waals surface area contributed by atoms with Gasteiger partial charge in [0.2, 0.25) is 0 Å². The molecule has 0 aliphatic carbocycles. The van der Waals surface area contributed by atoms with E-state index in [1.54, 1.807) is 12.1 Å². The van der Waals surface area contributed by atoms with Crippen LogP contribution in [-0.4, -0.2) is 45.5 Å². The van der Waals surface area contributed by atoms with E-state index in [9.17, 15) is 14.4 Å². The van der Waals surface area contributed by atoms with Crippen LogP contribution in [0.15, 0.2) is 109 Å². The highest BCUT2D eigenvalue weighted by Gasteiger charge is 2.39. The number of methoxy groups -OCH3 is 1. The van der Waals surface area contributed by atoms with E-state index in [4.69, 9.17) is 4.74 Å². The standard InChI is InChI=1S/C35H23N3O4/c1-42-32(39)20-36-34(40)24-14-9-17-29(33(24)35(36)41)38-28-16-8-6-13-23(28)26-18-30-25(19-31(26)38)22-12-5-7-15-27(22)37(30)21-10-3-2-4-11-21/h2-19H,20H2,1H3. The molecule has 0 saturated heterocycles. The molecule has 2 aromatic heterocycles. The van der Waals surface area contributed by atoms with Crippen LogP contribution in [0.25, 0.3) is 55.0 Å². The van der Waals surface area contributed by atoms with Gasteiger partial charge < -0.3 is 13.9 Å². The van der Waals surface area contributed by atoms with Crippen molar-refractivity contribution in [3.05, 3.63) is 120 Å². The number of para-hydroxylation sites is 3. The van der Waals surface area contributed by atoms with Crippen LogP contribution in [0, 0.1) is 0 Å². The first kappa shape index (κ1) is 24.1. The Morgan fingerprint density at radius 1 is 0.619 bits per heavy atom. The highest BCUT2D eigenvalue weighted by atomic mass is 16.5. The maximum atomic E-state index is 13.7. The van der Waals surface area contributed by atoms with Crippen molar-refractivity contribution in [2.45, 2.75) is 0 Å². The monoisotopic (exact) mass is 549 g/mol. The number of amides is 2. The van der Waals surface area contributed by atoms with Gasteiger partial charge in [0.25, 0.3) is 11.8 Å². The number of benzene rings is 5. The van der Waals surface area contributed by atoms with Crippen LogP contribution in [0.3, 0.4) is 0 Å². The molecule has 0 N–H and O–H groups in total. The summed E-state index contributed by atoms with van der Waals surface area (Å²) < 4.78 is 9.08. The SMILES string of the molecule is COC(=O)CN1C(=O)c2cccc(-n3c4ccccc4c4cc5c(cc43)c3ccccc3n5-c3ccccc3)c2C1=O. The van der Waals surface area contributed by atoms with Crippen LogP contribution in [0.1, 0.15) is 20.7 Å². The molecule has 0 saturated carbocycles. The maximum absolute atomic E-state index is 13.7. The van der Waals surface area contributed by atoms with Crippen molar-refractivity contribution >= 4 is 61.4 Å². The molecular formula is C35H23N3O4. The minimum absolute atomic E-state index is 0.272. The van der Waals surface area contributed by atoms with Gasteiger partial charge in [0.05, 0.1) is 46.0 Å². The Labute approximate surface area is 239 Å². The lowest BCUT2D eigenvalue weighted by Crippen LogP contribution is -2.35. The molecule has 7 aromatic rings. The van der Waals surface area contributed by atoms with Crippen molar-refractivity contribution in [1.29, 1.82) is 0 Å². The Morgan fingerprint density at radius 2 is 1.21 bits per heavy atom. The first-order valence-corrected chi connectivity index (χ1v) is 13.6. The number of aromatic nitrogens is 2. The molecule has 0 fully saturated rings. The molecule has 0 radical (unpaired) electrons. The number of ether oxygens (including phenoxy) is 1. The van der Waals surface area contributed by atoms with Crippen LogP contribution in [0.4, 0.5) is 0 Å². The summed E-state index contributed by atoms with van der Waals surface area (Å²) in [4.78, 5) is 39.9. The second-order valence-corrected chi connectivity index (χ2v) is 10.4. The highest BCUT2D eigenvalue weighted by molar-refractivity contribution is 6.25. The third-order valence-electron chi connectivity index (χ3n) is 8.21. The molecule has 8 rings (SSSR count). The summed E-state index contributed by atoms with van der Waals surface area (Å²) in [6, 6.07) is 36.4. The van der Waals surface area contributed by atoms with Gasteiger partial charge in [0.15, 0.2) is 0 Å². The van der Waals surface area contributed by atoms with Crippen molar-refractivity contribution in [2.24, 2.45) is 0 Å². The van der Waals surface area contributed by atoms with Gasteiger partial charge in [-0.1, -0.05) is 60.7 Å². The molecule has 2 amide bonds. The molecule has 7 nitrogen and oxygen atoms in total. The van der Waals surface area contributed by atoms with Crippen molar-refractivity contribution in [3.63, 3.8) is 0 Å². The molecule has 42 heavy (non-hydrogen) atoms. The molecule has 202 valence electrons. The van der Waals surface area contributed by atoms with Crippen molar-refractivity contribution in [1.82, 2.24) is 14.0 Å². The summed E-state index contributed by atoms with van der Waals surface area (Å²) in [5.41, 5.74) is 6.22. The molecule has 0 atom stereocenters. The van der Waals surface area contributed by atoms with E-state index in [1.807, 2.05) is 54.6 Å². The minimum Gasteiger partial charge on any atom is -0.468 e. The quantitative estimate of drug-likeness (QED) is 0.182. The molecule has 0 spiro atoms. The maximum Gasteiger partial charge on any atom is 0.325 e. The smallest absolute Gasteiger partial charge is 0.325 e. The first-order valence-electron chi connectivity index (χ1n) is 13.6. The minimum atomic E-state index is -0.653. The summed E-state index contributed by atoms with van der Waals surface area (Å²) >= 11 is 0. The predicted molar refractivity (Wildman–Crippen MR) is 163 cm³/mol. The fourth-order valence-corrected chi connectivity index (χ4v) is 6.38. The molecule has 7 heteroatoms. The predicted octanol–water partition coefficient (Wildman–Crippen LogP) is 6.65. The number of carbonyl (C=O) groups is 3. The molecular weight excluding hydrogens is 526 g/mol. The molecule has 0 unspecified atom stereocenters. The fourth-order valence-electron chi connectivity index (χ4n) is 6.38. The largest absolute Gasteiger partial charge is 0.468 e. The number of esters is 1. The first-order chi connectivity index (χ1) is 20.6. The van der Waals surface area contributed by atoms with Gasteiger partial charge in [-0.3, -0.25) is 19.3 Å². The van der Waals surface area contributed by atoms with Crippen molar-refractivity contribution in [2.75, 3.05) is 13.7 Å². The third kappa shape index (κ3) is 3.25. The number of imide groups is 1. The van der Waals surface area contributed by atoms with E-state index in [-0.39, 0.29) is 11.1 Å². The normalized spacial score (nSPS) is 13.1. The summed E-state index contributed by atoms with van der Waals surface area (Å²) in [5.74, 6) is -1.67. The lowest BCUT2D eigenvalue weighted by molar-refractivity contribution is -0.140. The average molecular weight is 550 g/mol. The fraction of sp³-hybridized carbons (Fsp3) is 0.0571. The van der Waals surface area contributed by atoms with E-state index in [1.165, 1.54) is 7.11 Å². The lowest BCUT2D eigenvalue weighted by Gasteiger charge is -2.13. The number of hydrogen-bond donors (Lipinski definition) is 0. The van der Waals surface area contributed by atoms with Gasteiger partial charge in [-0.05, 0) is 48.5 Å². The highest BCUT2D eigenvalue weighted by Crippen LogP contribution is 2.41. The Morgan fingerprint density at radius 3 is 1.88 bits per heavy atom. The van der Waals surface area contributed by atoms with E-state index in [0.717, 1.165) is 54.2 Å². The number of carbonyl (C=O) groups excluding carboxylic acids is 3. The molecule has 5 aromatic carbocycles. The Kier molecular flexibility index (Phi) is 5.12. The van der Waals surface area contributed by atoms with E-state index in [2.05, 4.69) is 51.6 Å². The molecule has 1 aliphatic heterocycles. The molecule has 0 bridgehead atoms. The zero-order valence-corrected chi connectivity index (χ0v) is 22.6. The number of fused-ring (bicyclic) bond motifs is 7. The van der Waals surface area contributed by atoms with Crippen LogP contribution in [0.5, 0.6) is 0 Å². The number of hydrogen-bond acceptors (Lipinski definition) is 4. The lowest BCUT2D eigenvalue weighted by atomic mass is 10.1.